The molecule has 110 valence electrons. The van der Waals surface area contributed by atoms with E-state index in [4.69, 9.17) is 18.0 Å². The Kier molecular flexibility index (Phi) is 3.85. The Morgan fingerprint density at radius 1 is 1.05 bits per heavy atom. The highest BCUT2D eigenvalue weighted by Gasteiger charge is 2.26. The van der Waals surface area contributed by atoms with Gasteiger partial charge in [-0.2, -0.15) is 0 Å². The summed E-state index contributed by atoms with van der Waals surface area (Å²) in [7, 11) is 0. The Labute approximate surface area is 131 Å². The van der Waals surface area contributed by atoms with Crippen LogP contribution in [-0.4, -0.2) is 10.5 Å². The lowest BCUT2D eigenvalue weighted by Crippen LogP contribution is -2.36. The fraction of sp³-hybridized carbons (Fsp3) is 0.389. The van der Waals surface area contributed by atoms with E-state index in [9.17, 15) is 0 Å². The van der Waals surface area contributed by atoms with E-state index in [1.807, 2.05) is 12.1 Å². The SMILES string of the molecule is CC1(Nc2ccc(C(N)=S)c3ccccc23)CCCCC1. The summed E-state index contributed by atoms with van der Waals surface area (Å²) < 4.78 is 0. The van der Waals surface area contributed by atoms with E-state index in [1.54, 1.807) is 0 Å². The van der Waals surface area contributed by atoms with E-state index in [1.165, 1.54) is 43.2 Å². The van der Waals surface area contributed by atoms with Crippen molar-refractivity contribution in [2.45, 2.75) is 44.6 Å². The highest BCUT2D eigenvalue weighted by molar-refractivity contribution is 7.80. The molecule has 0 amide bonds. The molecule has 0 saturated heterocycles. The first-order chi connectivity index (χ1) is 10.1. The third kappa shape index (κ3) is 2.88. The van der Waals surface area contributed by atoms with Crippen LogP contribution in [0.2, 0.25) is 0 Å². The Hall–Kier alpha value is -1.61. The summed E-state index contributed by atoms with van der Waals surface area (Å²) in [5.74, 6) is 0. The van der Waals surface area contributed by atoms with Crippen molar-refractivity contribution in [3.8, 4) is 0 Å². The summed E-state index contributed by atoms with van der Waals surface area (Å²) in [5, 5.41) is 6.12. The summed E-state index contributed by atoms with van der Waals surface area (Å²) in [4.78, 5) is 0.460. The molecule has 0 radical (unpaired) electrons. The predicted octanol–water partition coefficient (Wildman–Crippen LogP) is 4.61. The maximum Gasteiger partial charge on any atom is 0.104 e. The van der Waals surface area contributed by atoms with Gasteiger partial charge >= 0.3 is 0 Å². The molecular formula is C18H22N2S. The van der Waals surface area contributed by atoms with Crippen LogP contribution in [-0.2, 0) is 0 Å². The summed E-state index contributed by atoms with van der Waals surface area (Å²) in [5.41, 5.74) is 8.20. The van der Waals surface area contributed by atoms with E-state index < -0.39 is 0 Å². The zero-order chi connectivity index (χ0) is 14.9. The molecule has 1 fully saturated rings. The second kappa shape index (κ2) is 5.64. The van der Waals surface area contributed by atoms with Crippen LogP contribution < -0.4 is 11.1 Å². The molecular weight excluding hydrogens is 276 g/mol. The first-order valence-corrected chi connectivity index (χ1v) is 8.10. The van der Waals surface area contributed by atoms with E-state index in [0.29, 0.717) is 4.99 Å². The Bertz CT molecular complexity index is 672. The lowest BCUT2D eigenvalue weighted by molar-refractivity contribution is 0.349. The maximum atomic E-state index is 5.85. The molecule has 2 nitrogen and oxygen atoms in total. The lowest BCUT2D eigenvalue weighted by Gasteiger charge is -2.36. The van der Waals surface area contributed by atoms with Crippen LogP contribution in [0.25, 0.3) is 10.8 Å². The van der Waals surface area contributed by atoms with Crippen LogP contribution in [0.15, 0.2) is 36.4 Å². The molecule has 1 aliphatic rings. The molecule has 0 atom stereocenters. The van der Waals surface area contributed by atoms with E-state index in [0.717, 1.165) is 10.9 Å². The molecule has 0 unspecified atom stereocenters. The van der Waals surface area contributed by atoms with E-state index in [2.05, 4.69) is 36.5 Å². The molecule has 0 spiro atoms. The minimum Gasteiger partial charge on any atom is -0.389 e. The third-order valence-electron chi connectivity index (χ3n) is 4.58. The van der Waals surface area contributed by atoms with Crippen molar-refractivity contribution in [2.24, 2.45) is 5.73 Å². The van der Waals surface area contributed by atoms with E-state index >= 15 is 0 Å². The molecule has 2 aromatic rings. The third-order valence-corrected chi connectivity index (χ3v) is 4.80. The number of anilines is 1. The fourth-order valence-electron chi connectivity index (χ4n) is 3.41. The predicted molar refractivity (Wildman–Crippen MR) is 94.9 cm³/mol. The minimum atomic E-state index is 0.200. The largest absolute Gasteiger partial charge is 0.389 e. The average molecular weight is 298 g/mol. The van der Waals surface area contributed by atoms with Gasteiger partial charge in [-0.05, 0) is 37.3 Å². The highest BCUT2D eigenvalue weighted by atomic mass is 32.1. The van der Waals surface area contributed by atoms with Crippen molar-refractivity contribution in [3.05, 3.63) is 42.0 Å². The number of nitrogens with two attached hydrogens (primary N) is 1. The van der Waals surface area contributed by atoms with Gasteiger partial charge in [-0.3, -0.25) is 0 Å². The number of fused-ring (bicyclic) bond motifs is 1. The van der Waals surface area contributed by atoms with Crippen molar-refractivity contribution in [2.75, 3.05) is 5.32 Å². The number of hydrogen-bond donors (Lipinski definition) is 2. The van der Waals surface area contributed by atoms with Gasteiger partial charge in [0.2, 0.25) is 0 Å². The summed E-state index contributed by atoms with van der Waals surface area (Å²) in [6.07, 6.45) is 6.45. The van der Waals surface area contributed by atoms with Gasteiger partial charge in [0.25, 0.3) is 0 Å². The van der Waals surface area contributed by atoms with Gasteiger partial charge in [-0.25, -0.2) is 0 Å². The van der Waals surface area contributed by atoms with E-state index in [-0.39, 0.29) is 5.54 Å². The number of rotatable bonds is 3. The Morgan fingerprint density at radius 3 is 2.38 bits per heavy atom. The van der Waals surface area contributed by atoms with Gasteiger partial charge < -0.3 is 11.1 Å². The standard InChI is InChI=1S/C18H22N2S/c1-18(11-5-2-6-12-18)20-16-10-9-15(17(19)21)13-7-3-4-8-14(13)16/h3-4,7-10,20H,2,5-6,11-12H2,1H3,(H2,19,21). The van der Waals surface area contributed by atoms with Gasteiger partial charge in [0.1, 0.15) is 4.99 Å². The molecule has 0 heterocycles. The average Bonchev–Trinajstić information content (AvgIpc) is 2.47. The molecule has 0 aromatic heterocycles. The van der Waals surface area contributed by atoms with Crippen molar-refractivity contribution in [1.82, 2.24) is 0 Å². The molecule has 3 heteroatoms. The van der Waals surface area contributed by atoms with Gasteiger partial charge in [0.05, 0.1) is 0 Å². The lowest BCUT2D eigenvalue weighted by atomic mass is 9.83. The second-order valence-corrected chi connectivity index (χ2v) is 6.76. The van der Waals surface area contributed by atoms with Crippen LogP contribution >= 0.6 is 12.2 Å². The second-order valence-electron chi connectivity index (χ2n) is 6.32. The Morgan fingerprint density at radius 2 is 1.71 bits per heavy atom. The molecule has 2 aromatic carbocycles. The molecule has 3 rings (SSSR count). The van der Waals surface area contributed by atoms with Crippen molar-refractivity contribution in [3.63, 3.8) is 0 Å². The first-order valence-electron chi connectivity index (χ1n) is 7.69. The molecule has 21 heavy (non-hydrogen) atoms. The van der Waals surface area contributed by atoms with Gasteiger partial charge in [0, 0.05) is 22.2 Å². The highest BCUT2D eigenvalue weighted by Crippen LogP contribution is 2.34. The monoisotopic (exact) mass is 298 g/mol. The van der Waals surface area contributed by atoms with Crippen LogP contribution in [0.1, 0.15) is 44.6 Å². The number of hydrogen-bond acceptors (Lipinski definition) is 2. The minimum absolute atomic E-state index is 0.200. The topological polar surface area (TPSA) is 38.0 Å². The summed E-state index contributed by atoms with van der Waals surface area (Å²) in [6, 6.07) is 12.5. The molecule has 1 aliphatic carbocycles. The van der Waals surface area contributed by atoms with Crippen LogP contribution in [0.5, 0.6) is 0 Å². The van der Waals surface area contributed by atoms with Crippen LogP contribution in [0, 0.1) is 0 Å². The summed E-state index contributed by atoms with van der Waals surface area (Å²) >= 11 is 5.17. The normalized spacial score (nSPS) is 17.6. The van der Waals surface area contributed by atoms with Gasteiger partial charge in [-0.15, -0.1) is 0 Å². The van der Waals surface area contributed by atoms with Crippen LogP contribution in [0.4, 0.5) is 5.69 Å². The summed E-state index contributed by atoms with van der Waals surface area (Å²) in [6.45, 7) is 2.34. The zero-order valence-corrected chi connectivity index (χ0v) is 13.3. The Balaban J connectivity index is 2.03. The molecule has 1 saturated carbocycles. The molecule has 0 bridgehead atoms. The maximum absolute atomic E-state index is 5.85. The number of benzene rings is 2. The first kappa shape index (κ1) is 14.3. The zero-order valence-electron chi connectivity index (χ0n) is 12.5. The quantitative estimate of drug-likeness (QED) is 0.813. The number of nitrogens with one attached hydrogen (secondary N) is 1. The van der Waals surface area contributed by atoms with Crippen molar-refractivity contribution in [1.29, 1.82) is 0 Å². The van der Waals surface area contributed by atoms with Gasteiger partial charge in [-0.1, -0.05) is 55.7 Å². The van der Waals surface area contributed by atoms with Crippen molar-refractivity contribution < 1.29 is 0 Å². The van der Waals surface area contributed by atoms with Crippen LogP contribution in [0.3, 0.4) is 0 Å². The fourth-order valence-corrected chi connectivity index (χ4v) is 3.58. The van der Waals surface area contributed by atoms with Crippen molar-refractivity contribution >= 4 is 33.7 Å². The number of thiocarbonyl (C=S) groups is 1. The molecule has 0 aliphatic heterocycles. The van der Waals surface area contributed by atoms with Gasteiger partial charge in [0.15, 0.2) is 0 Å². The molecule has 3 N–H and O–H groups in total. The smallest absolute Gasteiger partial charge is 0.104 e.